The van der Waals surface area contributed by atoms with Crippen LogP contribution in [0.25, 0.3) is 0 Å². The summed E-state index contributed by atoms with van der Waals surface area (Å²) in [7, 11) is 0. The van der Waals surface area contributed by atoms with Crippen molar-refractivity contribution in [2.45, 2.75) is 40.2 Å². The van der Waals surface area contributed by atoms with Crippen LogP contribution in [0.1, 0.15) is 34.1 Å². The van der Waals surface area contributed by atoms with Crippen LogP contribution in [0.5, 0.6) is 0 Å². The third-order valence-corrected chi connectivity index (χ3v) is 2.87. The summed E-state index contributed by atoms with van der Waals surface area (Å²) >= 11 is 0. The summed E-state index contributed by atoms with van der Waals surface area (Å²) in [5, 5.41) is 14.0. The molecule has 0 radical (unpaired) electrons. The molecule has 0 saturated heterocycles. The highest BCUT2D eigenvalue weighted by molar-refractivity contribution is 5.76. The molecule has 0 heterocycles. The first kappa shape index (κ1) is 17.7. The van der Waals surface area contributed by atoms with E-state index in [-0.39, 0.29) is 6.03 Å². The Morgan fingerprint density at radius 2 is 1.79 bits per heavy atom. The number of rotatable bonds is 9. The summed E-state index contributed by atoms with van der Waals surface area (Å²) < 4.78 is 5.35. The van der Waals surface area contributed by atoms with E-state index in [1.165, 1.54) is 0 Å². The second-order valence-electron chi connectivity index (χ2n) is 5.11. The smallest absolute Gasteiger partial charge is 0.315 e. The Morgan fingerprint density at radius 1 is 1.16 bits per heavy atom. The third-order valence-electron chi connectivity index (χ3n) is 2.87. The number of carbonyl (C=O) groups is 2. The first-order chi connectivity index (χ1) is 8.84. The second-order valence-corrected chi connectivity index (χ2v) is 5.11. The molecule has 6 nitrogen and oxygen atoms in total. The van der Waals surface area contributed by atoms with Crippen molar-refractivity contribution in [3.8, 4) is 0 Å². The second kappa shape index (κ2) is 9.61. The van der Waals surface area contributed by atoms with Gasteiger partial charge in [0.2, 0.25) is 0 Å². The van der Waals surface area contributed by atoms with Gasteiger partial charge in [0.05, 0.1) is 12.5 Å². The van der Waals surface area contributed by atoms with Crippen LogP contribution in [0.2, 0.25) is 0 Å². The standard InChI is InChI=1S/C13H26N2O4/c1-9(2)5-7-19-8-6-14-13(18)15-11(4)10(3)12(16)17/h9-11H,5-8H2,1-4H3,(H,16,17)(H2,14,15,18). The average Bonchev–Trinajstić information content (AvgIpc) is 2.31. The number of nitrogens with one attached hydrogen (secondary N) is 2. The molecule has 0 aromatic carbocycles. The van der Waals surface area contributed by atoms with Gasteiger partial charge in [-0.25, -0.2) is 4.79 Å². The van der Waals surface area contributed by atoms with Crippen LogP contribution in [0.4, 0.5) is 4.79 Å². The van der Waals surface area contributed by atoms with Crippen LogP contribution in [0.15, 0.2) is 0 Å². The van der Waals surface area contributed by atoms with Gasteiger partial charge >= 0.3 is 12.0 Å². The molecule has 0 saturated carbocycles. The fourth-order valence-corrected chi connectivity index (χ4v) is 1.25. The van der Waals surface area contributed by atoms with E-state index in [4.69, 9.17) is 9.84 Å². The van der Waals surface area contributed by atoms with Crippen molar-refractivity contribution < 1.29 is 19.4 Å². The lowest BCUT2D eigenvalue weighted by Gasteiger charge is -2.18. The lowest BCUT2D eigenvalue weighted by atomic mass is 10.0. The van der Waals surface area contributed by atoms with Crippen molar-refractivity contribution in [2.75, 3.05) is 19.8 Å². The molecule has 19 heavy (non-hydrogen) atoms. The van der Waals surface area contributed by atoms with E-state index in [2.05, 4.69) is 24.5 Å². The molecule has 2 unspecified atom stereocenters. The SMILES string of the molecule is CC(C)CCOCCNC(=O)NC(C)C(C)C(=O)O. The summed E-state index contributed by atoms with van der Waals surface area (Å²) in [6, 6.07) is -0.785. The fourth-order valence-electron chi connectivity index (χ4n) is 1.25. The highest BCUT2D eigenvalue weighted by Crippen LogP contribution is 2.01. The van der Waals surface area contributed by atoms with Crippen molar-refractivity contribution >= 4 is 12.0 Å². The number of carbonyl (C=O) groups excluding carboxylic acids is 1. The molecule has 0 bridgehead atoms. The molecule has 0 aliphatic heterocycles. The summed E-state index contributed by atoms with van der Waals surface area (Å²) in [6.45, 7) is 9.04. The van der Waals surface area contributed by atoms with Gasteiger partial charge in [0.15, 0.2) is 0 Å². The van der Waals surface area contributed by atoms with E-state index in [1.807, 2.05) is 0 Å². The summed E-state index contributed by atoms with van der Waals surface area (Å²) in [5.41, 5.74) is 0. The topological polar surface area (TPSA) is 87.7 Å². The number of ether oxygens (including phenoxy) is 1. The molecule has 6 heteroatoms. The number of urea groups is 1. The zero-order valence-electron chi connectivity index (χ0n) is 12.2. The van der Waals surface area contributed by atoms with E-state index in [0.717, 1.165) is 6.42 Å². The normalized spacial score (nSPS) is 13.9. The van der Waals surface area contributed by atoms with Gasteiger partial charge in [-0.1, -0.05) is 13.8 Å². The van der Waals surface area contributed by atoms with Crippen LogP contribution in [-0.4, -0.2) is 42.9 Å². The van der Waals surface area contributed by atoms with Crippen LogP contribution < -0.4 is 10.6 Å². The van der Waals surface area contributed by atoms with Gasteiger partial charge < -0.3 is 20.5 Å². The number of hydrogen-bond acceptors (Lipinski definition) is 3. The zero-order valence-corrected chi connectivity index (χ0v) is 12.2. The van der Waals surface area contributed by atoms with Crippen molar-refractivity contribution in [3.05, 3.63) is 0 Å². The lowest BCUT2D eigenvalue weighted by molar-refractivity contribution is -0.141. The number of aliphatic carboxylic acids is 1. The predicted molar refractivity (Wildman–Crippen MR) is 73.1 cm³/mol. The maximum atomic E-state index is 11.5. The monoisotopic (exact) mass is 274 g/mol. The van der Waals surface area contributed by atoms with Crippen LogP contribution >= 0.6 is 0 Å². The molecule has 2 atom stereocenters. The quantitative estimate of drug-likeness (QED) is 0.555. The first-order valence-corrected chi connectivity index (χ1v) is 6.69. The van der Waals surface area contributed by atoms with Crippen molar-refractivity contribution in [1.82, 2.24) is 10.6 Å². The Bertz CT molecular complexity index is 282. The molecular weight excluding hydrogens is 248 g/mol. The van der Waals surface area contributed by atoms with E-state index >= 15 is 0 Å². The molecular formula is C13H26N2O4. The van der Waals surface area contributed by atoms with Gasteiger partial charge in [-0.15, -0.1) is 0 Å². The van der Waals surface area contributed by atoms with Crippen molar-refractivity contribution in [1.29, 1.82) is 0 Å². The van der Waals surface area contributed by atoms with Gasteiger partial charge in [-0.05, 0) is 26.2 Å². The molecule has 0 fully saturated rings. The summed E-state index contributed by atoms with van der Waals surface area (Å²) in [6.07, 6.45) is 0.999. The molecule has 2 amide bonds. The van der Waals surface area contributed by atoms with Crippen LogP contribution in [0.3, 0.4) is 0 Å². The highest BCUT2D eigenvalue weighted by Gasteiger charge is 2.20. The van der Waals surface area contributed by atoms with Crippen LogP contribution in [-0.2, 0) is 9.53 Å². The minimum Gasteiger partial charge on any atom is -0.481 e. The van der Waals surface area contributed by atoms with Crippen molar-refractivity contribution in [3.63, 3.8) is 0 Å². The van der Waals surface area contributed by atoms with Crippen LogP contribution in [0, 0.1) is 11.8 Å². The lowest BCUT2D eigenvalue weighted by Crippen LogP contribution is -2.46. The fraction of sp³-hybridized carbons (Fsp3) is 0.846. The Morgan fingerprint density at radius 3 is 2.32 bits per heavy atom. The Hall–Kier alpha value is -1.30. The zero-order chi connectivity index (χ0) is 14.8. The molecule has 112 valence electrons. The Labute approximate surface area is 114 Å². The largest absolute Gasteiger partial charge is 0.481 e. The van der Waals surface area contributed by atoms with Gasteiger partial charge in [0.25, 0.3) is 0 Å². The Kier molecular flexibility index (Phi) is 8.95. The maximum Gasteiger partial charge on any atom is 0.315 e. The number of amides is 2. The molecule has 0 aromatic rings. The molecule has 0 aliphatic rings. The van der Waals surface area contributed by atoms with E-state index in [9.17, 15) is 9.59 Å². The van der Waals surface area contributed by atoms with E-state index < -0.39 is 17.9 Å². The van der Waals surface area contributed by atoms with Gasteiger partial charge in [0, 0.05) is 19.2 Å². The highest BCUT2D eigenvalue weighted by atomic mass is 16.5. The number of carboxylic acid groups (broad SMARTS) is 1. The molecule has 0 rings (SSSR count). The molecule has 0 aliphatic carbocycles. The first-order valence-electron chi connectivity index (χ1n) is 6.69. The third kappa shape index (κ3) is 9.30. The molecule has 0 aromatic heterocycles. The minimum atomic E-state index is -0.926. The van der Waals surface area contributed by atoms with E-state index in [1.54, 1.807) is 13.8 Å². The van der Waals surface area contributed by atoms with E-state index in [0.29, 0.717) is 25.7 Å². The predicted octanol–water partition coefficient (Wildman–Crippen LogP) is 1.46. The van der Waals surface area contributed by atoms with Gasteiger partial charge in [-0.2, -0.15) is 0 Å². The Balaban J connectivity index is 3.62. The minimum absolute atomic E-state index is 0.368. The average molecular weight is 274 g/mol. The van der Waals surface area contributed by atoms with Gasteiger partial charge in [0.1, 0.15) is 0 Å². The number of hydrogen-bond donors (Lipinski definition) is 3. The van der Waals surface area contributed by atoms with Crippen molar-refractivity contribution in [2.24, 2.45) is 11.8 Å². The summed E-state index contributed by atoms with van der Waals surface area (Å²) in [4.78, 5) is 22.2. The summed E-state index contributed by atoms with van der Waals surface area (Å²) in [5.74, 6) is -0.938. The number of carboxylic acids is 1. The van der Waals surface area contributed by atoms with Gasteiger partial charge in [-0.3, -0.25) is 4.79 Å². The molecule has 3 N–H and O–H groups in total. The maximum absolute atomic E-state index is 11.5. The molecule has 0 spiro atoms.